The van der Waals surface area contributed by atoms with Crippen molar-refractivity contribution in [3.8, 4) is 28.1 Å². The number of benzene rings is 2. The van der Waals surface area contributed by atoms with Crippen molar-refractivity contribution in [3.05, 3.63) is 107 Å². The number of aryl methyl sites for hydroxylation is 2. The maximum atomic E-state index is 15.0. The van der Waals surface area contributed by atoms with Crippen LogP contribution in [-0.4, -0.2) is 68.8 Å². The van der Waals surface area contributed by atoms with E-state index in [1.54, 1.807) is 12.1 Å². The second-order valence-electron chi connectivity index (χ2n) is 12.0. The topological polar surface area (TPSA) is 132 Å². The molecule has 2 aliphatic heterocycles. The zero-order chi connectivity index (χ0) is 34.1. The summed E-state index contributed by atoms with van der Waals surface area (Å²) in [6.45, 7) is 2.93. The third-order valence-corrected chi connectivity index (χ3v) is 8.63. The molecule has 0 bridgehead atoms. The number of hydrogen-bond acceptors (Lipinski definition) is 8. The summed E-state index contributed by atoms with van der Waals surface area (Å²) in [5.74, 6) is -2.40. The smallest absolute Gasteiger partial charge is 0.262 e. The summed E-state index contributed by atoms with van der Waals surface area (Å²) in [7, 11) is 0. The Balaban J connectivity index is 0.859. The van der Waals surface area contributed by atoms with Gasteiger partial charge >= 0.3 is 0 Å². The number of fused-ring (bicyclic) bond motifs is 2. The molecule has 2 aromatic carbocycles. The van der Waals surface area contributed by atoms with Crippen LogP contribution in [0.5, 0.6) is 5.75 Å². The van der Waals surface area contributed by atoms with Gasteiger partial charge in [-0.05, 0) is 73.7 Å². The molecule has 4 amide bonds. The minimum Gasteiger partial charge on any atom is -0.491 e. The van der Waals surface area contributed by atoms with Crippen molar-refractivity contribution in [2.45, 2.75) is 38.6 Å². The summed E-state index contributed by atoms with van der Waals surface area (Å²) in [5, 5.41) is 2.18. The summed E-state index contributed by atoms with van der Waals surface area (Å²) in [6, 6.07) is 18.7. The fraction of sp³-hybridized carbons (Fsp3) is 0.243. The van der Waals surface area contributed by atoms with E-state index in [1.165, 1.54) is 12.1 Å². The first-order valence-electron chi connectivity index (χ1n) is 16.0. The van der Waals surface area contributed by atoms with Gasteiger partial charge in [-0.3, -0.25) is 29.4 Å². The number of pyridine rings is 2. The first-order chi connectivity index (χ1) is 23.7. The number of piperidine rings is 1. The molecule has 12 heteroatoms. The molecule has 1 saturated heterocycles. The lowest BCUT2D eigenvalue weighted by Gasteiger charge is -2.27. The number of aromatic nitrogens is 3. The first-order valence-corrected chi connectivity index (χ1v) is 16.0. The Morgan fingerprint density at radius 1 is 0.837 bits per heavy atom. The zero-order valence-corrected chi connectivity index (χ0v) is 26.6. The number of ether oxygens (including phenoxy) is 2. The van der Waals surface area contributed by atoms with Crippen molar-refractivity contribution in [1.29, 1.82) is 0 Å². The number of nitrogens with zero attached hydrogens (tertiary/aromatic N) is 4. The fourth-order valence-corrected chi connectivity index (χ4v) is 6.10. The number of carbonyl (C=O) groups is 4. The molecule has 1 unspecified atom stereocenters. The van der Waals surface area contributed by atoms with Crippen LogP contribution < -0.4 is 10.1 Å². The van der Waals surface area contributed by atoms with Gasteiger partial charge in [0.1, 0.15) is 24.0 Å². The predicted octanol–water partition coefficient (Wildman–Crippen LogP) is 4.94. The quantitative estimate of drug-likeness (QED) is 0.120. The van der Waals surface area contributed by atoms with Crippen LogP contribution in [0.15, 0.2) is 79.1 Å². The van der Waals surface area contributed by atoms with Gasteiger partial charge in [-0.2, -0.15) is 4.39 Å². The molecule has 5 aromatic rings. The van der Waals surface area contributed by atoms with E-state index in [1.807, 2.05) is 66.2 Å². The van der Waals surface area contributed by atoms with Gasteiger partial charge in [-0.15, -0.1) is 0 Å². The number of hydrogen-bond donors (Lipinski definition) is 1. The Bertz CT molecular complexity index is 2110. The maximum Gasteiger partial charge on any atom is 0.262 e. The molecule has 49 heavy (non-hydrogen) atoms. The van der Waals surface area contributed by atoms with Crippen LogP contribution in [0.3, 0.4) is 0 Å². The van der Waals surface area contributed by atoms with Gasteiger partial charge in [0.2, 0.25) is 17.8 Å². The third-order valence-electron chi connectivity index (χ3n) is 8.63. The number of rotatable bonds is 11. The minimum atomic E-state index is -1.02. The van der Waals surface area contributed by atoms with Gasteiger partial charge in [-0.1, -0.05) is 30.3 Å². The van der Waals surface area contributed by atoms with E-state index in [4.69, 9.17) is 9.47 Å². The van der Waals surface area contributed by atoms with E-state index in [0.29, 0.717) is 36.5 Å². The highest BCUT2D eigenvalue weighted by atomic mass is 19.1. The average molecular weight is 662 g/mol. The number of nitrogens with one attached hydrogen (secondary N) is 1. The largest absolute Gasteiger partial charge is 0.491 e. The van der Waals surface area contributed by atoms with Crippen molar-refractivity contribution < 1.29 is 33.0 Å². The van der Waals surface area contributed by atoms with Crippen LogP contribution in [0, 0.1) is 12.9 Å². The van der Waals surface area contributed by atoms with E-state index in [0.717, 1.165) is 32.9 Å². The van der Waals surface area contributed by atoms with Gasteiger partial charge in [0, 0.05) is 42.2 Å². The van der Waals surface area contributed by atoms with E-state index in [9.17, 15) is 19.2 Å². The molecule has 1 atom stereocenters. The van der Waals surface area contributed by atoms with Crippen molar-refractivity contribution in [2.75, 3.05) is 19.8 Å². The van der Waals surface area contributed by atoms with Crippen LogP contribution in [0.1, 0.15) is 51.2 Å². The molecular formula is C37H32FN5O6. The van der Waals surface area contributed by atoms with Crippen LogP contribution in [0.25, 0.3) is 28.0 Å². The molecule has 0 saturated carbocycles. The molecule has 0 spiro atoms. The SMILES string of the molecule is Cc1ccc2nc(-c3ccc(-c4ccc(CCCOCCOc5ccc6c(c5)C(=O)N(C5CCC(=O)NC5=O)C6=O)nc4F)cc3)cn2c1. The molecule has 0 aliphatic carbocycles. The normalized spacial score (nSPS) is 16.0. The molecule has 3 aromatic heterocycles. The molecule has 1 fully saturated rings. The highest BCUT2D eigenvalue weighted by Crippen LogP contribution is 2.30. The predicted molar refractivity (Wildman–Crippen MR) is 176 cm³/mol. The molecule has 248 valence electrons. The van der Waals surface area contributed by atoms with E-state index >= 15 is 4.39 Å². The lowest BCUT2D eigenvalue weighted by Crippen LogP contribution is -2.54. The summed E-state index contributed by atoms with van der Waals surface area (Å²) in [4.78, 5) is 59.3. The second-order valence-corrected chi connectivity index (χ2v) is 12.0. The molecule has 5 heterocycles. The van der Waals surface area contributed by atoms with Gasteiger partial charge < -0.3 is 13.9 Å². The zero-order valence-electron chi connectivity index (χ0n) is 26.6. The Labute approximate surface area is 280 Å². The number of amides is 4. The van der Waals surface area contributed by atoms with Crippen molar-refractivity contribution in [2.24, 2.45) is 0 Å². The van der Waals surface area contributed by atoms with Gasteiger partial charge in [-0.25, -0.2) is 9.97 Å². The van der Waals surface area contributed by atoms with Crippen molar-refractivity contribution >= 4 is 29.3 Å². The van der Waals surface area contributed by atoms with Crippen molar-refractivity contribution in [3.63, 3.8) is 0 Å². The summed E-state index contributed by atoms with van der Waals surface area (Å²) < 4.78 is 28.4. The standard InChI is InChI=1S/C37H32FN5O6/c1-22-4-14-32-40-30(21-42(32)20-22)24-7-5-23(6-8-24)27-11-9-25(39-34(27)38)3-2-16-48-17-18-49-26-10-12-28-29(19-26)37(47)43(36(28)46)31-13-15-33(44)41-35(31)45/h4-12,14,19-21,31H,2-3,13,15-18H2,1H3,(H,41,44,45). The Kier molecular flexibility index (Phi) is 8.70. The summed E-state index contributed by atoms with van der Waals surface area (Å²) >= 11 is 0. The van der Waals surface area contributed by atoms with Crippen LogP contribution >= 0.6 is 0 Å². The summed E-state index contributed by atoms with van der Waals surface area (Å²) in [6.07, 6.45) is 5.32. The minimum absolute atomic E-state index is 0.0550. The van der Waals surface area contributed by atoms with Crippen LogP contribution in [0.4, 0.5) is 4.39 Å². The highest BCUT2D eigenvalue weighted by Gasteiger charge is 2.44. The van der Waals surface area contributed by atoms with Crippen LogP contribution in [-0.2, 0) is 20.7 Å². The van der Waals surface area contributed by atoms with Gasteiger partial charge in [0.15, 0.2) is 0 Å². The number of imide groups is 2. The second kappa shape index (κ2) is 13.4. The molecular weight excluding hydrogens is 629 g/mol. The number of imidazole rings is 1. The summed E-state index contributed by atoms with van der Waals surface area (Å²) in [5.41, 5.74) is 5.91. The Hall–Kier alpha value is -5.75. The Morgan fingerprint density at radius 3 is 2.41 bits per heavy atom. The average Bonchev–Trinajstić information content (AvgIpc) is 3.62. The highest BCUT2D eigenvalue weighted by molar-refractivity contribution is 6.23. The number of carbonyl (C=O) groups excluding carboxylic acids is 4. The Morgan fingerprint density at radius 2 is 1.61 bits per heavy atom. The molecule has 2 aliphatic rings. The maximum absolute atomic E-state index is 15.0. The first kappa shape index (κ1) is 31.8. The third kappa shape index (κ3) is 6.55. The number of halogens is 1. The lowest BCUT2D eigenvalue weighted by molar-refractivity contribution is -0.136. The van der Waals surface area contributed by atoms with Gasteiger partial charge in [0.25, 0.3) is 11.8 Å². The molecule has 1 N–H and O–H groups in total. The molecule has 11 nitrogen and oxygen atoms in total. The van der Waals surface area contributed by atoms with E-state index < -0.39 is 35.6 Å². The van der Waals surface area contributed by atoms with Crippen molar-refractivity contribution in [1.82, 2.24) is 24.6 Å². The van der Waals surface area contributed by atoms with Crippen LogP contribution in [0.2, 0.25) is 0 Å². The lowest BCUT2D eigenvalue weighted by atomic mass is 10.0. The molecule has 0 radical (unpaired) electrons. The molecule has 7 rings (SSSR count). The monoisotopic (exact) mass is 661 g/mol. The van der Waals surface area contributed by atoms with Gasteiger partial charge in [0.05, 0.1) is 23.4 Å². The van der Waals surface area contributed by atoms with E-state index in [2.05, 4.69) is 15.3 Å². The fourth-order valence-electron chi connectivity index (χ4n) is 6.10. The van der Waals surface area contributed by atoms with E-state index in [-0.39, 0.29) is 37.2 Å².